The van der Waals surface area contributed by atoms with Gasteiger partial charge in [0.2, 0.25) is 0 Å². The normalized spacial score (nSPS) is 10.3. The van der Waals surface area contributed by atoms with Gasteiger partial charge >= 0.3 is 6.09 Å². The van der Waals surface area contributed by atoms with Crippen LogP contribution in [-0.2, 0) is 20.7 Å². The fraction of sp³-hybridized carbons (Fsp3) is 0.263. The highest BCUT2D eigenvalue weighted by atomic mass is 35.5. The Morgan fingerprint density at radius 3 is 2.50 bits per heavy atom. The number of carbonyl (C=O) groups excluding carboxylic acids is 1. The first kappa shape index (κ1) is 19.6. The van der Waals surface area contributed by atoms with Gasteiger partial charge in [0, 0.05) is 20.2 Å². The summed E-state index contributed by atoms with van der Waals surface area (Å²) >= 11 is 0. The van der Waals surface area contributed by atoms with Crippen molar-refractivity contribution in [1.82, 2.24) is 9.47 Å². The van der Waals surface area contributed by atoms with Crippen molar-refractivity contribution in [3.05, 3.63) is 54.4 Å². The van der Waals surface area contributed by atoms with Gasteiger partial charge in [0.15, 0.2) is 17.6 Å². The molecule has 0 aliphatic heterocycles. The summed E-state index contributed by atoms with van der Waals surface area (Å²) < 4.78 is 15.4. The molecule has 0 bridgehead atoms. The van der Waals surface area contributed by atoms with Crippen LogP contribution < -0.4 is 26.4 Å². The number of para-hydroxylation sites is 2. The highest BCUT2D eigenvalue weighted by Crippen LogP contribution is 2.21. The van der Waals surface area contributed by atoms with Crippen LogP contribution in [0.5, 0.6) is 11.5 Å². The number of hydrogen-bond acceptors (Lipinski definition) is 3. The van der Waals surface area contributed by atoms with E-state index in [9.17, 15) is 4.79 Å². The van der Waals surface area contributed by atoms with Gasteiger partial charge in [-0.05, 0) is 24.3 Å². The molecule has 26 heavy (non-hydrogen) atoms. The van der Waals surface area contributed by atoms with Crippen LogP contribution in [0.2, 0.25) is 0 Å². The quantitative estimate of drug-likeness (QED) is 0.585. The lowest BCUT2D eigenvalue weighted by Crippen LogP contribution is -3.00. The van der Waals surface area contributed by atoms with E-state index in [2.05, 4.69) is 21.3 Å². The highest BCUT2D eigenvalue weighted by molar-refractivity contribution is 5.72. The number of hydrogen-bond donors (Lipinski definition) is 0. The monoisotopic (exact) mass is 375 g/mol. The molecule has 0 saturated carbocycles. The SMILES string of the molecule is CN(C)C(=O)Oc1cccc(OCc2n(C)c3ccccc3[n+]2C)c1.[Cl-]. The van der Waals surface area contributed by atoms with Gasteiger partial charge in [-0.1, -0.05) is 18.2 Å². The number of aromatic nitrogens is 2. The Balaban J connectivity index is 0.00000243. The molecule has 0 spiro atoms. The maximum Gasteiger partial charge on any atom is 0.414 e. The largest absolute Gasteiger partial charge is 1.00 e. The van der Waals surface area contributed by atoms with Crippen molar-refractivity contribution >= 4 is 17.1 Å². The molecule has 0 N–H and O–H groups in total. The van der Waals surface area contributed by atoms with Crippen molar-refractivity contribution in [1.29, 1.82) is 0 Å². The first-order chi connectivity index (χ1) is 12.0. The number of amides is 1. The second-order valence-electron chi connectivity index (χ2n) is 6.05. The molecule has 0 radical (unpaired) electrons. The van der Waals surface area contributed by atoms with E-state index in [0.717, 1.165) is 16.9 Å². The molecule has 138 valence electrons. The molecule has 3 aromatic rings. The van der Waals surface area contributed by atoms with E-state index < -0.39 is 6.09 Å². The molecule has 7 heteroatoms. The van der Waals surface area contributed by atoms with Crippen molar-refractivity contribution < 1.29 is 31.2 Å². The number of aryl methyl sites for hydroxylation is 2. The Labute approximate surface area is 159 Å². The molecular formula is C19H22ClN3O3. The van der Waals surface area contributed by atoms with Gasteiger partial charge in [-0.15, -0.1) is 0 Å². The Morgan fingerprint density at radius 1 is 1.12 bits per heavy atom. The zero-order valence-corrected chi connectivity index (χ0v) is 16.0. The number of halogens is 1. The van der Waals surface area contributed by atoms with Crippen LogP contribution in [0.15, 0.2) is 48.5 Å². The predicted octanol–water partition coefficient (Wildman–Crippen LogP) is -0.354. The first-order valence-corrected chi connectivity index (χ1v) is 8.01. The zero-order valence-electron chi connectivity index (χ0n) is 15.3. The summed E-state index contributed by atoms with van der Waals surface area (Å²) in [5, 5.41) is 0. The second-order valence-corrected chi connectivity index (χ2v) is 6.05. The fourth-order valence-corrected chi connectivity index (χ4v) is 2.70. The fourth-order valence-electron chi connectivity index (χ4n) is 2.70. The van der Waals surface area contributed by atoms with Gasteiger partial charge < -0.3 is 26.8 Å². The summed E-state index contributed by atoms with van der Waals surface area (Å²) in [6.07, 6.45) is -0.419. The lowest BCUT2D eigenvalue weighted by atomic mass is 10.3. The molecule has 0 aliphatic rings. The van der Waals surface area contributed by atoms with Crippen molar-refractivity contribution in [2.75, 3.05) is 14.1 Å². The molecular weight excluding hydrogens is 354 g/mol. The van der Waals surface area contributed by atoms with E-state index in [0.29, 0.717) is 18.1 Å². The van der Waals surface area contributed by atoms with Crippen molar-refractivity contribution in [3.8, 4) is 11.5 Å². The van der Waals surface area contributed by atoms with E-state index in [4.69, 9.17) is 9.47 Å². The minimum atomic E-state index is -0.419. The highest BCUT2D eigenvalue weighted by Gasteiger charge is 2.20. The minimum Gasteiger partial charge on any atom is -1.00 e. The van der Waals surface area contributed by atoms with Gasteiger partial charge in [-0.3, -0.25) is 0 Å². The molecule has 1 aromatic heterocycles. The summed E-state index contributed by atoms with van der Waals surface area (Å²) in [7, 11) is 7.33. The maximum absolute atomic E-state index is 11.6. The average Bonchev–Trinajstić information content (AvgIpc) is 2.85. The van der Waals surface area contributed by atoms with Crippen molar-refractivity contribution in [3.63, 3.8) is 0 Å². The molecule has 0 aliphatic carbocycles. The summed E-state index contributed by atoms with van der Waals surface area (Å²) in [5.41, 5.74) is 2.30. The second kappa shape index (κ2) is 8.10. The van der Waals surface area contributed by atoms with Gasteiger partial charge in [0.1, 0.15) is 11.5 Å². The predicted molar refractivity (Wildman–Crippen MR) is 94.6 cm³/mol. The van der Waals surface area contributed by atoms with E-state index >= 15 is 0 Å². The van der Waals surface area contributed by atoms with Crippen LogP contribution >= 0.6 is 0 Å². The van der Waals surface area contributed by atoms with Gasteiger partial charge in [0.05, 0.1) is 14.1 Å². The third-order valence-corrected chi connectivity index (χ3v) is 4.12. The van der Waals surface area contributed by atoms with Crippen LogP contribution in [0.25, 0.3) is 11.0 Å². The van der Waals surface area contributed by atoms with E-state index in [-0.39, 0.29) is 12.4 Å². The molecule has 1 heterocycles. The van der Waals surface area contributed by atoms with Crippen LogP contribution in [-0.4, -0.2) is 29.7 Å². The number of nitrogens with zero attached hydrogens (tertiary/aromatic N) is 3. The molecule has 0 fully saturated rings. The standard InChI is InChI=1S/C19H22N3O3.ClH/c1-20(2)19(23)25-15-9-7-8-14(12-15)24-13-18-21(3)16-10-5-6-11-17(16)22(18)4;/h5-12H,13H2,1-4H3;1H/q+1;/p-1. The van der Waals surface area contributed by atoms with Gasteiger partial charge in [-0.2, -0.15) is 0 Å². The summed E-state index contributed by atoms with van der Waals surface area (Å²) in [4.78, 5) is 13.0. The summed E-state index contributed by atoms with van der Waals surface area (Å²) in [6.45, 7) is 0.409. The lowest BCUT2D eigenvalue weighted by Gasteiger charge is -2.11. The third-order valence-electron chi connectivity index (χ3n) is 4.12. The molecule has 2 aromatic carbocycles. The van der Waals surface area contributed by atoms with E-state index in [1.165, 1.54) is 4.90 Å². The Kier molecular flexibility index (Phi) is 6.10. The maximum atomic E-state index is 11.6. The van der Waals surface area contributed by atoms with Crippen molar-refractivity contribution in [2.45, 2.75) is 6.61 Å². The minimum absolute atomic E-state index is 0. The number of rotatable bonds is 4. The van der Waals surface area contributed by atoms with Gasteiger partial charge in [0.25, 0.3) is 5.82 Å². The van der Waals surface area contributed by atoms with Crippen LogP contribution in [0.1, 0.15) is 5.82 Å². The topological polar surface area (TPSA) is 47.6 Å². The summed E-state index contributed by atoms with van der Waals surface area (Å²) in [5.74, 6) is 2.14. The van der Waals surface area contributed by atoms with Crippen LogP contribution in [0.3, 0.4) is 0 Å². The number of fused-ring (bicyclic) bond motifs is 1. The average molecular weight is 376 g/mol. The Hall–Kier alpha value is -2.73. The number of carbonyl (C=O) groups is 1. The molecule has 6 nitrogen and oxygen atoms in total. The van der Waals surface area contributed by atoms with E-state index in [1.807, 2.05) is 32.3 Å². The summed E-state index contributed by atoms with van der Waals surface area (Å²) in [6, 6.07) is 15.3. The number of benzene rings is 2. The number of ether oxygens (including phenoxy) is 2. The Morgan fingerprint density at radius 2 is 1.81 bits per heavy atom. The van der Waals surface area contributed by atoms with Crippen molar-refractivity contribution in [2.24, 2.45) is 14.1 Å². The van der Waals surface area contributed by atoms with Gasteiger partial charge in [-0.25, -0.2) is 13.9 Å². The molecule has 0 unspecified atom stereocenters. The zero-order chi connectivity index (χ0) is 18.0. The smallest absolute Gasteiger partial charge is 0.414 e. The molecule has 1 amide bonds. The third kappa shape index (κ3) is 3.91. The Bertz CT molecular complexity index is 883. The van der Waals surface area contributed by atoms with Crippen LogP contribution in [0.4, 0.5) is 4.79 Å². The lowest BCUT2D eigenvalue weighted by molar-refractivity contribution is -0.655. The number of imidazole rings is 1. The molecule has 3 rings (SSSR count). The van der Waals surface area contributed by atoms with Crippen LogP contribution in [0, 0.1) is 0 Å². The molecule has 0 atom stereocenters. The molecule has 0 saturated heterocycles. The first-order valence-electron chi connectivity index (χ1n) is 8.01. The van der Waals surface area contributed by atoms with E-state index in [1.54, 1.807) is 32.3 Å².